The number of rotatable bonds is 11. The molecule has 1 aromatic heterocycles. The molecular weight excluding hydrogens is 546 g/mol. The average molecular weight is 584 g/mol. The summed E-state index contributed by atoms with van der Waals surface area (Å²) >= 11 is 0. The zero-order valence-electron chi connectivity index (χ0n) is 24.0. The molecule has 224 valence electrons. The van der Waals surface area contributed by atoms with Crippen LogP contribution in [0.25, 0.3) is 10.9 Å². The van der Waals surface area contributed by atoms with Gasteiger partial charge in [-0.3, -0.25) is 24.0 Å². The molecule has 4 N–H and O–H groups in total. The predicted molar refractivity (Wildman–Crippen MR) is 161 cm³/mol. The fourth-order valence-corrected chi connectivity index (χ4v) is 5.80. The highest BCUT2D eigenvalue weighted by Gasteiger charge is 2.36. The number of ketones is 1. The number of carbonyl (C=O) groups excluding carboxylic acids is 5. The first-order valence-electron chi connectivity index (χ1n) is 15.0. The average Bonchev–Trinajstić information content (AvgIpc) is 3.44. The number of carbonyl (C=O) groups is 5. The SMILES string of the molecule is O=C(NC1CCCCC1)C(=O)C(C[C@@H]1CCNC1=O)NC(=O)[C@H](Cc1ccccc1)NC(=O)c1ccc2ccccc2n1. The van der Waals surface area contributed by atoms with Gasteiger partial charge < -0.3 is 21.3 Å². The number of fused-ring (bicyclic) bond motifs is 1. The molecule has 2 aliphatic rings. The summed E-state index contributed by atoms with van der Waals surface area (Å²) in [7, 11) is 0. The van der Waals surface area contributed by atoms with Gasteiger partial charge in [0.05, 0.1) is 11.6 Å². The number of nitrogens with one attached hydrogen (secondary N) is 4. The van der Waals surface area contributed by atoms with Crippen LogP contribution in [0.3, 0.4) is 0 Å². The van der Waals surface area contributed by atoms with Crippen molar-refractivity contribution in [3.8, 4) is 0 Å². The number of para-hydroxylation sites is 1. The van der Waals surface area contributed by atoms with Crippen molar-refractivity contribution in [1.82, 2.24) is 26.3 Å². The Morgan fingerprint density at radius 1 is 0.837 bits per heavy atom. The summed E-state index contributed by atoms with van der Waals surface area (Å²) in [5, 5.41) is 12.0. The molecule has 1 saturated heterocycles. The minimum atomic E-state index is -1.22. The van der Waals surface area contributed by atoms with Gasteiger partial charge in [0.2, 0.25) is 17.6 Å². The molecule has 2 heterocycles. The summed E-state index contributed by atoms with van der Waals surface area (Å²) in [5.74, 6) is -3.45. The monoisotopic (exact) mass is 583 g/mol. The Morgan fingerprint density at radius 3 is 2.33 bits per heavy atom. The number of benzene rings is 2. The van der Waals surface area contributed by atoms with Gasteiger partial charge in [0.15, 0.2) is 0 Å². The van der Waals surface area contributed by atoms with Gasteiger partial charge in [-0.05, 0) is 43.4 Å². The van der Waals surface area contributed by atoms with Crippen molar-refractivity contribution in [2.75, 3.05) is 6.54 Å². The first kappa shape index (κ1) is 29.9. The van der Waals surface area contributed by atoms with Gasteiger partial charge in [-0.15, -0.1) is 0 Å². The maximum absolute atomic E-state index is 13.8. The Bertz CT molecular complexity index is 1490. The van der Waals surface area contributed by atoms with E-state index in [2.05, 4.69) is 26.3 Å². The third-order valence-electron chi connectivity index (χ3n) is 8.22. The minimum Gasteiger partial charge on any atom is -0.356 e. The predicted octanol–water partition coefficient (Wildman–Crippen LogP) is 2.60. The number of nitrogens with zero attached hydrogens (tertiary/aromatic N) is 1. The fraction of sp³-hybridized carbons (Fsp3) is 0.394. The lowest BCUT2D eigenvalue weighted by molar-refractivity contribution is -0.141. The van der Waals surface area contributed by atoms with Gasteiger partial charge in [0.25, 0.3) is 11.8 Å². The molecule has 1 aliphatic carbocycles. The molecular formula is C33H37N5O5. The van der Waals surface area contributed by atoms with Crippen molar-refractivity contribution in [2.24, 2.45) is 5.92 Å². The van der Waals surface area contributed by atoms with E-state index in [1.54, 1.807) is 18.2 Å². The molecule has 1 saturated carbocycles. The van der Waals surface area contributed by atoms with Gasteiger partial charge >= 0.3 is 0 Å². The second-order valence-corrected chi connectivity index (χ2v) is 11.4. The molecule has 2 aromatic carbocycles. The second kappa shape index (κ2) is 14.0. The minimum absolute atomic E-state index is 0.00722. The van der Waals surface area contributed by atoms with Crippen LogP contribution in [0.2, 0.25) is 0 Å². The van der Waals surface area contributed by atoms with E-state index in [9.17, 15) is 24.0 Å². The van der Waals surface area contributed by atoms with E-state index in [-0.39, 0.29) is 30.5 Å². The van der Waals surface area contributed by atoms with Gasteiger partial charge in [0, 0.05) is 30.3 Å². The van der Waals surface area contributed by atoms with Crippen molar-refractivity contribution in [1.29, 1.82) is 0 Å². The lowest BCUT2D eigenvalue weighted by atomic mass is 9.93. The summed E-state index contributed by atoms with van der Waals surface area (Å²) in [5.41, 5.74) is 1.58. The van der Waals surface area contributed by atoms with E-state index in [0.29, 0.717) is 18.5 Å². The van der Waals surface area contributed by atoms with Gasteiger partial charge in [-0.2, -0.15) is 0 Å². The van der Waals surface area contributed by atoms with Crippen LogP contribution in [0, 0.1) is 5.92 Å². The standard InChI is InChI=1S/C33H37N5O5/c39-29(33(43)35-24-12-5-2-6-13-24)27(20-23-17-18-34-30(23)40)37-32(42)28(19-21-9-3-1-4-10-21)38-31(41)26-16-15-22-11-7-8-14-25(22)36-26/h1,3-4,7-11,14-16,23-24,27-28H,2,5-6,12-13,17-20H2,(H,34,40)(H,35,43)(H,37,42)(H,38,41)/t23-,27?,28-/m0/s1. The van der Waals surface area contributed by atoms with Crippen molar-refractivity contribution < 1.29 is 24.0 Å². The van der Waals surface area contributed by atoms with E-state index < -0.39 is 41.5 Å². The van der Waals surface area contributed by atoms with E-state index in [1.807, 2.05) is 48.5 Å². The summed E-state index contributed by atoms with van der Waals surface area (Å²) in [4.78, 5) is 70.4. The highest BCUT2D eigenvalue weighted by atomic mass is 16.2. The number of Topliss-reactive ketones (excluding diaryl/α,β-unsaturated/α-hetero) is 1. The van der Waals surface area contributed by atoms with E-state index in [4.69, 9.17) is 0 Å². The van der Waals surface area contributed by atoms with Gasteiger partial charge in [-0.1, -0.05) is 73.9 Å². The zero-order valence-corrected chi connectivity index (χ0v) is 24.0. The summed E-state index contributed by atoms with van der Waals surface area (Å²) in [6, 6.07) is 17.6. The molecule has 1 unspecified atom stereocenters. The molecule has 5 rings (SSSR count). The van der Waals surface area contributed by atoms with Crippen LogP contribution in [-0.4, -0.2) is 59.1 Å². The first-order valence-corrected chi connectivity index (χ1v) is 15.0. The maximum atomic E-state index is 13.8. The van der Waals surface area contributed by atoms with Crippen molar-refractivity contribution in [3.05, 3.63) is 78.0 Å². The third-order valence-corrected chi connectivity index (χ3v) is 8.22. The van der Waals surface area contributed by atoms with Gasteiger partial charge in [0.1, 0.15) is 11.7 Å². The Kier molecular flexibility index (Phi) is 9.76. The molecule has 3 aromatic rings. The van der Waals surface area contributed by atoms with Crippen molar-refractivity contribution in [2.45, 2.75) is 69.5 Å². The number of hydrogen-bond acceptors (Lipinski definition) is 6. The smallest absolute Gasteiger partial charge is 0.289 e. The fourth-order valence-electron chi connectivity index (χ4n) is 5.80. The molecule has 1 aliphatic heterocycles. The van der Waals surface area contributed by atoms with Crippen molar-refractivity contribution >= 4 is 40.3 Å². The molecule has 2 fully saturated rings. The summed E-state index contributed by atoms with van der Waals surface area (Å²) < 4.78 is 0. The molecule has 0 bridgehead atoms. The maximum Gasteiger partial charge on any atom is 0.289 e. The van der Waals surface area contributed by atoms with Crippen LogP contribution in [-0.2, 0) is 25.6 Å². The molecule has 4 amide bonds. The van der Waals surface area contributed by atoms with Crippen LogP contribution < -0.4 is 21.3 Å². The van der Waals surface area contributed by atoms with Crippen LogP contribution >= 0.6 is 0 Å². The number of aromatic nitrogens is 1. The lowest BCUT2D eigenvalue weighted by Gasteiger charge is -2.26. The third kappa shape index (κ3) is 7.82. The quantitative estimate of drug-likeness (QED) is 0.255. The molecule has 10 heteroatoms. The molecule has 10 nitrogen and oxygen atoms in total. The molecule has 3 atom stereocenters. The Labute approximate surface area is 250 Å². The van der Waals surface area contributed by atoms with E-state index in [1.165, 1.54) is 0 Å². The van der Waals surface area contributed by atoms with Gasteiger partial charge in [-0.25, -0.2) is 4.98 Å². The zero-order chi connectivity index (χ0) is 30.2. The second-order valence-electron chi connectivity index (χ2n) is 11.4. The van der Waals surface area contributed by atoms with Crippen molar-refractivity contribution in [3.63, 3.8) is 0 Å². The first-order chi connectivity index (χ1) is 20.9. The van der Waals surface area contributed by atoms with Crippen LogP contribution in [0.15, 0.2) is 66.7 Å². The van der Waals surface area contributed by atoms with E-state index >= 15 is 0 Å². The lowest BCUT2D eigenvalue weighted by Crippen LogP contribution is -2.56. The molecule has 0 spiro atoms. The van der Waals surface area contributed by atoms with E-state index in [0.717, 1.165) is 43.1 Å². The number of pyridine rings is 1. The normalized spacial score (nSPS) is 18.3. The topological polar surface area (TPSA) is 146 Å². The largest absolute Gasteiger partial charge is 0.356 e. The summed E-state index contributed by atoms with van der Waals surface area (Å²) in [6.07, 6.45) is 5.30. The number of amides is 4. The van der Waals surface area contributed by atoms with Crippen LogP contribution in [0.4, 0.5) is 0 Å². The summed E-state index contributed by atoms with van der Waals surface area (Å²) in [6.45, 7) is 0.470. The highest BCUT2D eigenvalue weighted by Crippen LogP contribution is 2.20. The molecule has 0 radical (unpaired) electrons. The number of hydrogen-bond donors (Lipinski definition) is 4. The Hall–Kier alpha value is -4.60. The molecule has 43 heavy (non-hydrogen) atoms. The van der Waals surface area contributed by atoms with Crippen LogP contribution in [0.5, 0.6) is 0 Å². The van der Waals surface area contributed by atoms with Crippen LogP contribution in [0.1, 0.15) is 61.0 Å². The Morgan fingerprint density at radius 2 is 1.58 bits per heavy atom. The Balaban J connectivity index is 1.35. The highest BCUT2D eigenvalue weighted by molar-refractivity contribution is 6.38.